The van der Waals surface area contributed by atoms with E-state index in [4.69, 9.17) is 0 Å². The van der Waals surface area contributed by atoms with Crippen molar-refractivity contribution in [3.05, 3.63) is 64.4 Å². The van der Waals surface area contributed by atoms with Crippen molar-refractivity contribution in [3.8, 4) is 5.75 Å². The fraction of sp³-hybridized carbons (Fsp3) is 0.111. The summed E-state index contributed by atoms with van der Waals surface area (Å²) in [6, 6.07) is 13.6. The summed E-state index contributed by atoms with van der Waals surface area (Å²) in [5.74, 6) is -0.243. The summed E-state index contributed by atoms with van der Waals surface area (Å²) in [4.78, 5) is 24.6. The quantitative estimate of drug-likeness (QED) is 0.677. The molecule has 6 heteroatoms. The van der Waals surface area contributed by atoms with Gasteiger partial charge in [-0.1, -0.05) is 24.3 Å². The maximum absolute atomic E-state index is 12.4. The van der Waals surface area contributed by atoms with Gasteiger partial charge in [0.2, 0.25) is 0 Å². The van der Waals surface area contributed by atoms with Gasteiger partial charge < -0.3 is 15.0 Å². The Morgan fingerprint density at radius 3 is 2.58 bits per heavy atom. The van der Waals surface area contributed by atoms with Crippen LogP contribution in [0, 0.1) is 6.92 Å². The van der Waals surface area contributed by atoms with Crippen LogP contribution in [0.25, 0.3) is 10.9 Å². The van der Waals surface area contributed by atoms with E-state index in [0.717, 1.165) is 5.56 Å². The van der Waals surface area contributed by atoms with Crippen molar-refractivity contribution in [1.29, 1.82) is 0 Å². The van der Waals surface area contributed by atoms with Crippen LogP contribution in [0.4, 0.5) is 16.2 Å². The van der Waals surface area contributed by atoms with E-state index in [-0.39, 0.29) is 11.4 Å². The second kappa shape index (κ2) is 6.08. The zero-order valence-electron chi connectivity index (χ0n) is 13.3. The Kier molecular flexibility index (Phi) is 3.95. The van der Waals surface area contributed by atoms with Crippen molar-refractivity contribution >= 4 is 28.3 Å². The van der Waals surface area contributed by atoms with Gasteiger partial charge in [0.25, 0.3) is 5.56 Å². The summed E-state index contributed by atoms with van der Waals surface area (Å²) < 4.78 is 1.39. The Labute approximate surface area is 138 Å². The lowest BCUT2D eigenvalue weighted by atomic mass is 10.2. The van der Waals surface area contributed by atoms with Crippen LogP contribution in [0.15, 0.2) is 53.3 Å². The number of urea groups is 1. The molecule has 0 saturated carbocycles. The molecular formula is C18H17N3O3. The van der Waals surface area contributed by atoms with E-state index < -0.39 is 11.6 Å². The number of anilines is 2. The number of para-hydroxylation sites is 1. The topological polar surface area (TPSA) is 83.4 Å². The molecule has 0 spiro atoms. The van der Waals surface area contributed by atoms with Crippen molar-refractivity contribution < 1.29 is 9.90 Å². The molecule has 3 N–H and O–H groups in total. The number of carbonyl (C=O) groups excluding carboxylic acids is 1. The number of aromatic hydroxyl groups is 1. The molecule has 122 valence electrons. The normalized spacial score (nSPS) is 10.6. The summed E-state index contributed by atoms with van der Waals surface area (Å²) >= 11 is 0. The molecule has 0 bridgehead atoms. The first-order valence-corrected chi connectivity index (χ1v) is 7.42. The Bertz CT molecular complexity index is 992. The molecular weight excluding hydrogens is 306 g/mol. The van der Waals surface area contributed by atoms with Crippen LogP contribution in [-0.2, 0) is 7.05 Å². The number of benzene rings is 2. The van der Waals surface area contributed by atoms with E-state index in [9.17, 15) is 14.7 Å². The van der Waals surface area contributed by atoms with Gasteiger partial charge in [0, 0.05) is 18.1 Å². The van der Waals surface area contributed by atoms with Gasteiger partial charge >= 0.3 is 6.03 Å². The number of pyridine rings is 1. The molecule has 2 aromatic carbocycles. The predicted octanol–water partition coefficient (Wildman–Crippen LogP) is 3.20. The molecule has 0 aliphatic carbocycles. The van der Waals surface area contributed by atoms with Crippen LogP contribution >= 0.6 is 0 Å². The lowest BCUT2D eigenvalue weighted by Crippen LogP contribution is -2.27. The molecule has 2 amide bonds. The first-order valence-electron chi connectivity index (χ1n) is 7.42. The first kappa shape index (κ1) is 15.6. The van der Waals surface area contributed by atoms with Crippen LogP contribution < -0.4 is 16.2 Å². The maximum Gasteiger partial charge on any atom is 0.323 e. The van der Waals surface area contributed by atoms with Gasteiger partial charge in [-0.2, -0.15) is 0 Å². The fourth-order valence-corrected chi connectivity index (χ4v) is 2.59. The summed E-state index contributed by atoms with van der Waals surface area (Å²) in [5, 5.41) is 15.9. The second-order valence-corrected chi connectivity index (χ2v) is 5.55. The molecule has 0 unspecified atom stereocenters. The number of hydrogen-bond donors (Lipinski definition) is 3. The highest BCUT2D eigenvalue weighted by Crippen LogP contribution is 2.29. The van der Waals surface area contributed by atoms with Crippen molar-refractivity contribution in [2.45, 2.75) is 6.92 Å². The Morgan fingerprint density at radius 1 is 1.08 bits per heavy atom. The van der Waals surface area contributed by atoms with Gasteiger partial charge in [-0.3, -0.25) is 10.1 Å². The third kappa shape index (κ3) is 2.81. The molecule has 0 radical (unpaired) electrons. The number of nitrogens with zero attached hydrogens (tertiary/aromatic N) is 1. The van der Waals surface area contributed by atoms with Gasteiger partial charge in [-0.15, -0.1) is 0 Å². The third-order valence-electron chi connectivity index (χ3n) is 3.79. The van der Waals surface area contributed by atoms with Crippen molar-refractivity contribution in [1.82, 2.24) is 4.57 Å². The van der Waals surface area contributed by atoms with Gasteiger partial charge in [-0.25, -0.2) is 4.79 Å². The van der Waals surface area contributed by atoms with E-state index in [1.807, 2.05) is 19.1 Å². The molecule has 0 atom stereocenters. The SMILES string of the molecule is Cc1cccc(NC(=O)Nc2c(O)c3ccccc3n(C)c2=O)c1. The molecule has 1 heterocycles. The molecule has 0 aliphatic rings. The Morgan fingerprint density at radius 2 is 1.83 bits per heavy atom. The van der Waals surface area contributed by atoms with E-state index in [2.05, 4.69) is 10.6 Å². The zero-order valence-corrected chi connectivity index (χ0v) is 13.3. The highest BCUT2D eigenvalue weighted by Gasteiger charge is 2.16. The molecule has 0 fully saturated rings. The van der Waals surface area contributed by atoms with Gasteiger partial charge in [-0.05, 0) is 36.8 Å². The monoisotopic (exact) mass is 323 g/mol. The number of nitrogens with one attached hydrogen (secondary N) is 2. The minimum Gasteiger partial charge on any atom is -0.505 e. The summed E-state index contributed by atoms with van der Waals surface area (Å²) in [7, 11) is 1.59. The molecule has 0 aliphatic heterocycles. The van der Waals surface area contributed by atoms with Crippen LogP contribution in [0.5, 0.6) is 5.75 Å². The Hall–Kier alpha value is -3.28. The Balaban J connectivity index is 1.95. The maximum atomic E-state index is 12.4. The van der Waals surface area contributed by atoms with Crippen molar-refractivity contribution in [2.24, 2.45) is 7.05 Å². The smallest absolute Gasteiger partial charge is 0.323 e. The van der Waals surface area contributed by atoms with Crippen LogP contribution in [-0.4, -0.2) is 15.7 Å². The average Bonchev–Trinajstić information content (AvgIpc) is 2.57. The fourth-order valence-electron chi connectivity index (χ4n) is 2.59. The van der Waals surface area contributed by atoms with E-state index in [1.54, 1.807) is 43.4 Å². The van der Waals surface area contributed by atoms with Crippen LogP contribution in [0.2, 0.25) is 0 Å². The van der Waals surface area contributed by atoms with Crippen molar-refractivity contribution in [2.75, 3.05) is 10.6 Å². The average molecular weight is 323 g/mol. The highest BCUT2D eigenvalue weighted by atomic mass is 16.3. The minimum atomic E-state index is -0.594. The minimum absolute atomic E-state index is 0.152. The van der Waals surface area contributed by atoms with E-state index >= 15 is 0 Å². The van der Waals surface area contributed by atoms with Gasteiger partial charge in [0.15, 0.2) is 11.4 Å². The lowest BCUT2D eigenvalue weighted by molar-refractivity contribution is 0.262. The predicted molar refractivity (Wildman–Crippen MR) is 94.7 cm³/mol. The number of amides is 2. The first-order chi connectivity index (χ1) is 11.5. The number of hydrogen-bond acceptors (Lipinski definition) is 3. The van der Waals surface area contributed by atoms with E-state index in [1.165, 1.54) is 4.57 Å². The highest BCUT2D eigenvalue weighted by molar-refractivity contribution is 6.03. The molecule has 3 aromatic rings. The molecule has 3 rings (SSSR count). The molecule has 24 heavy (non-hydrogen) atoms. The summed E-state index contributed by atoms with van der Waals surface area (Å²) in [6.45, 7) is 1.91. The van der Waals surface area contributed by atoms with Gasteiger partial charge in [0.05, 0.1) is 5.52 Å². The van der Waals surface area contributed by atoms with Gasteiger partial charge in [0.1, 0.15) is 0 Å². The molecule has 0 saturated heterocycles. The largest absolute Gasteiger partial charge is 0.505 e. The number of rotatable bonds is 2. The molecule has 6 nitrogen and oxygen atoms in total. The van der Waals surface area contributed by atoms with Crippen molar-refractivity contribution in [3.63, 3.8) is 0 Å². The molecule has 1 aromatic heterocycles. The van der Waals surface area contributed by atoms with Crippen LogP contribution in [0.3, 0.4) is 0 Å². The number of aromatic nitrogens is 1. The zero-order chi connectivity index (χ0) is 17.3. The standard InChI is InChI=1S/C18H17N3O3/c1-11-6-5-7-12(10-11)19-18(24)20-15-16(22)13-8-3-4-9-14(13)21(2)17(15)23/h3-10,22H,1-2H3,(H2,19,20,24). The second-order valence-electron chi connectivity index (χ2n) is 5.55. The number of aryl methyl sites for hydroxylation is 2. The number of fused-ring (bicyclic) bond motifs is 1. The lowest BCUT2D eigenvalue weighted by Gasteiger charge is -2.13. The van der Waals surface area contributed by atoms with E-state index in [0.29, 0.717) is 16.6 Å². The van der Waals surface area contributed by atoms with Crippen LogP contribution in [0.1, 0.15) is 5.56 Å². The number of carbonyl (C=O) groups is 1. The third-order valence-corrected chi connectivity index (χ3v) is 3.79. The summed E-state index contributed by atoms with van der Waals surface area (Å²) in [6.07, 6.45) is 0. The summed E-state index contributed by atoms with van der Waals surface area (Å²) in [5.41, 5.74) is 1.55.